The van der Waals surface area contributed by atoms with Gasteiger partial charge >= 0.3 is 0 Å². The Morgan fingerprint density at radius 3 is 2.73 bits per heavy atom. The maximum Gasteiger partial charge on any atom is 0.220 e. The minimum Gasteiger partial charge on any atom is -0.354 e. The standard InChI is InChI=1S/C8H18N2O/c1-3-7(2)10-8(11)5-4-6-9/h7H,3-6,9H2,1-2H3,(H,10,11). The smallest absolute Gasteiger partial charge is 0.220 e. The number of carbonyl (C=O) groups is 1. The molecule has 0 saturated carbocycles. The number of rotatable bonds is 5. The van der Waals surface area contributed by atoms with Crippen LogP contribution in [-0.2, 0) is 4.79 Å². The summed E-state index contributed by atoms with van der Waals surface area (Å²) in [5, 5.41) is 2.87. The highest BCUT2D eigenvalue weighted by Crippen LogP contribution is 1.91. The summed E-state index contributed by atoms with van der Waals surface area (Å²) in [6.07, 6.45) is 2.32. The largest absolute Gasteiger partial charge is 0.354 e. The van der Waals surface area contributed by atoms with E-state index in [4.69, 9.17) is 5.73 Å². The first-order valence-corrected chi connectivity index (χ1v) is 4.20. The van der Waals surface area contributed by atoms with E-state index in [1.807, 2.05) is 13.8 Å². The summed E-state index contributed by atoms with van der Waals surface area (Å²) in [6, 6.07) is 0.292. The second kappa shape index (κ2) is 6.16. The lowest BCUT2D eigenvalue weighted by Crippen LogP contribution is -2.31. The van der Waals surface area contributed by atoms with E-state index in [1.54, 1.807) is 0 Å². The van der Waals surface area contributed by atoms with Crippen LogP contribution in [0.15, 0.2) is 0 Å². The van der Waals surface area contributed by atoms with Gasteiger partial charge in [0.2, 0.25) is 5.91 Å². The van der Waals surface area contributed by atoms with Gasteiger partial charge in [0.1, 0.15) is 0 Å². The summed E-state index contributed by atoms with van der Waals surface area (Å²) in [7, 11) is 0. The van der Waals surface area contributed by atoms with Crippen LogP contribution in [0, 0.1) is 0 Å². The summed E-state index contributed by atoms with van der Waals surface area (Å²) in [4.78, 5) is 11.0. The van der Waals surface area contributed by atoms with Crippen molar-refractivity contribution in [3.05, 3.63) is 0 Å². The van der Waals surface area contributed by atoms with Crippen LogP contribution in [0.5, 0.6) is 0 Å². The van der Waals surface area contributed by atoms with Crippen LogP contribution >= 0.6 is 0 Å². The Hall–Kier alpha value is -0.570. The average molecular weight is 158 g/mol. The lowest BCUT2D eigenvalue weighted by Gasteiger charge is -2.10. The SMILES string of the molecule is CCC(C)NC(=O)CCCN. The normalized spacial score (nSPS) is 12.6. The molecule has 66 valence electrons. The van der Waals surface area contributed by atoms with Crippen molar-refractivity contribution in [2.75, 3.05) is 6.54 Å². The van der Waals surface area contributed by atoms with Crippen LogP contribution < -0.4 is 11.1 Å². The fraction of sp³-hybridized carbons (Fsp3) is 0.875. The van der Waals surface area contributed by atoms with Gasteiger partial charge in [-0.25, -0.2) is 0 Å². The van der Waals surface area contributed by atoms with Gasteiger partial charge in [0.25, 0.3) is 0 Å². The monoisotopic (exact) mass is 158 g/mol. The van der Waals surface area contributed by atoms with Crippen molar-refractivity contribution >= 4 is 5.91 Å². The number of nitrogens with two attached hydrogens (primary N) is 1. The molecule has 11 heavy (non-hydrogen) atoms. The molecule has 1 amide bonds. The van der Waals surface area contributed by atoms with Gasteiger partial charge in [-0.15, -0.1) is 0 Å². The van der Waals surface area contributed by atoms with E-state index in [1.165, 1.54) is 0 Å². The molecular formula is C8H18N2O. The molecule has 0 aromatic carbocycles. The van der Waals surface area contributed by atoms with Crippen molar-refractivity contribution in [3.63, 3.8) is 0 Å². The second-order valence-electron chi connectivity index (χ2n) is 2.77. The van der Waals surface area contributed by atoms with Crippen molar-refractivity contribution < 1.29 is 4.79 Å². The van der Waals surface area contributed by atoms with Gasteiger partial charge in [-0.2, -0.15) is 0 Å². The summed E-state index contributed by atoms with van der Waals surface area (Å²) in [6.45, 7) is 4.64. The molecule has 0 aliphatic rings. The summed E-state index contributed by atoms with van der Waals surface area (Å²) in [5.74, 6) is 0.116. The molecule has 1 atom stereocenters. The molecule has 0 aliphatic heterocycles. The summed E-state index contributed by atoms with van der Waals surface area (Å²) < 4.78 is 0. The van der Waals surface area contributed by atoms with Crippen LogP contribution in [0.25, 0.3) is 0 Å². The van der Waals surface area contributed by atoms with Crippen LogP contribution in [0.2, 0.25) is 0 Å². The minimum atomic E-state index is 0.116. The van der Waals surface area contributed by atoms with Gasteiger partial charge in [-0.3, -0.25) is 4.79 Å². The third-order valence-corrected chi connectivity index (χ3v) is 1.63. The van der Waals surface area contributed by atoms with Crippen molar-refractivity contribution in [2.24, 2.45) is 5.73 Å². The fourth-order valence-corrected chi connectivity index (χ4v) is 0.712. The third-order valence-electron chi connectivity index (χ3n) is 1.63. The molecule has 0 radical (unpaired) electrons. The van der Waals surface area contributed by atoms with Crippen LogP contribution in [-0.4, -0.2) is 18.5 Å². The second-order valence-corrected chi connectivity index (χ2v) is 2.77. The minimum absolute atomic E-state index is 0.116. The lowest BCUT2D eigenvalue weighted by atomic mass is 10.2. The molecule has 0 heterocycles. The highest BCUT2D eigenvalue weighted by Gasteiger charge is 2.03. The molecule has 0 aromatic heterocycles. The zero-order chi connectivity index (χ0) is 8.69. The first-order valence-electron chi connectivity index (χ1n) is 4.20. The fourth-order valence-electron chi connectivity index (χ4n) is 0.712. The molecule has 0 rings (SSSR count). The predicted molar refractivity (Wildman–Crippen MR) is 46.2 cm³/mol. The molecule has 0 aliphatic carbocycles. The first kappa shape index (κ1) is 10.4. The molecule has 3 N–H and O–H groups in total. The summed E-state index contributed by atoms with van der Waals surface area (Å²) >= 11 is 0. The van der Waals surface area contributed by atoms with E-state index in [0.717, 1.165) is 12.8 Å². The van der Waals surface area contributed by atoms with E-state index >= 15 is 0 Å². The van der Waals surface area contributed by atoms with Crippen molar-refractivity contribution in [1.29, 1.82) is 0 Å². The van der Waals surface area contributed by atoms with Crippen molar-refractivity contribution in [3.8, 4) is 0 Å². The Kier molecular flexibility index (Phi) is 5.84. The first-order chi connectivity index (χ1) is 5.20. The lowest BCUT2D eigenvalue weighted by molar-refractivity contribution is -0.121. The van der Waals surface area contributed by atoms with E-state index in [0.29, 0.717) is 19.0 Å². The molecular weight excluding hydrogens is 140 g/mol. The van der Waals surface area contributed by atoms with Gasteiger partial charge in [-0.1, -0.05) is 6.92 Å². The van der Waals surface area contributed by atoms with Gasteiger partial charge in [0, 0.05) is 12.5 Å². The van der Waals surface area contributed by atoms with Crippen LogP contribution in [0.1, 0.15) is 33.1 Å². The molecule has 3 heteroatoms. The van der Waals surface area contributed by atoms with E-state index in [9.17, 15) is 4.79 Å². The Bertz CT molecular complexity index is 115. The molecule has 0 spiro atoms. The van der Waals surface area contributed by atoms with Gasteiger partial charge in [0.05, 0.1) is 0 Å². The summed E-state index contributed by atoms with van der Waals surface area (Å²) in [5.41, 5.74) is 5.26. The van der Waals surface area contributed by atoms with Crippen LogP contribution in [0.4, 0.5) is 0 Å². The van der Waals surface area contributed by atoms with Crippen LogP contribution in [0.3, 0.4) is 0 Å². The van der Waals surface area contributed by atoms with E-state index in [-0.39, 0.29) is 5.91 Å². The van der Waals surface area contributed by atoms with Gasteiger partial charge in [0.15, 0.2) is 0 Å². The number of carbonyl (C=O) groups excluding carboxylic acids is 1. The Morgan fingerprint density at radius 1 is 1.64 bits per heavy atom. The highest BCUT2D eigenvalue weighted by molar-refractivity contribution is 5.76. The third kappa shape index (κ3) is 5.85. The zero-order valence-electron chi connectivity index (χ0n) is 7.39. The maximum absolute atomic E-state index is 11.0. The van der Waals surface area contributed by atoms with Crippen molar-refractivity contribution in [2.45, 2.75) is 39.2 Å². The number of amides is 1. The average Bonchev–Trinajstić information content (AvgIpc) is 2.00. The molecule has 0 fully saturated rings. The Labute approximate surface area is 68.3 Å². The number of hydrogen-bond acceptors (Lipinski definition) is 2. The molecule has 0 aromatic rings. The Morgan fingerprint density at radius 2 is 2.27 bits per heavy atom. The van der Waals surface area contributed by atoms with E-state index < -0.39 is 0 Å². The van der Waals surface area contributed by atoms with Gasteiger partial charge < -0.3 is 11.1 Å². The Balaban J connectivity index is 3.36. The molecule has 0 bridgehead atoms. The highest BCUT2D eigenvalue weighted by atomic mass is 16.1. The van der Waals surface area contributed by atoms with Gasteiger partial charge in [-0.05, 0) is 26.3 Å². The number of nitrogens with one attached hydrogen (secondary N) is 1. The molecule has 0 saturated heterocycles. The quantitative estimate of drug-likeness (QED) is 0.617. The van der Waals surface area contributed by atoms with E-state index in [2.05, 4.69) is 5.32 Å². The number of hydrogen-bond donors (Lipinski definition) is 2. The molecule has 1 unspecified atom stereocenters. The predicted octanol–water partition coefficient (Wildman–Crippen LogP) is 0.640. The zero-order valence-corrected chi connectivity index (χ0v) is 7.39. The molecule has 3 nitrogen and oxygen atoms in total. The maximum atomic E-state index is 11.0. The topological polar surface area (TPSA) is 55.1 Å². The van der Waals surface area contributed by atoms with Crippen molar-refractivity contribution in [1.82, 2.24) is 5.32 Å².